The van der Waals surface area contributed by atoms with Gasteiger partial charge in [0.15, 0.2) is 0 Å². The van der Waals surface area contributed by atoms with Gasteiger partial charge in [-0.2, -0.15) is 0 Å². The SMILES string of the molecule is CC(C)C1CC(NC(=O)CSCC(=O)O)CCO1. The quantitative estimate of drug-likeness (QED) is 0.760. The zero-order valence-corrected chi connectivity index (χ0v) is 11.7. The molecule has 1 aliphatic heterocycles. The van der Waals surface area contributed by atoms with Crippen LogP contribution >= 0.6 is 11.8 Å². The number of nitrogens with one attached hydrogen (secondary N) is 1. The normalized spacial score (nSPS) is 23.9. The topological polar surface area (TPSA) is 75.6 Å². The van der Waals surface area contributed by atoms with Crippen LogP contribution in [0.5, 0.6) is 0 Å². The molecule has 1 rings (SSSR count). The van der Waals surface area contributed by atoms with Gasteiger partial charge in [-0.25, -0.2) is 0 Å². The van der Waals surface area contributed by atoms with Gasteiger partial charge < -0.3 is 15.2 Å². The highest BCUT2D eigenvalue weighted by atomic mass is 32.2. The predicted octanol–water partition coefficient (Wildman–Crippen LogP) is 1.12. The van der Waals surface area contributed by atoms with E-state index < -0.39 is 5.97 Å². The lowest BCUT2D eigenvalue weighted by atomic mass is 9.95. The van der Waals surface area contributed by atoms with Crippen LogP contribution in [0.3, 0.4) is 0 Å². The first-order chi connectivity index (χ1) is 8.49. The number of aliphatic carboxylic acids is 1. The molecule has 1 aliphatic rings. The van der Waals surface area contributed by atoms with Crippen molar-refractivity contribution < 1.29 is 19.4 Å². The lowest BCUT2D eigenvalue weighted by Crippen LogP contribution is -2.44. The molecule has 0 radical (unpaired) electrons. The summed E-state index contributed by atoms with van der Waals surface area (Å²) in [5.74, 6) is -0.355. The fraction of sp³-hybridized carbons (Fsp3) is 0.833. The van der Waals surface area contributed by atoms with E-state index in [-0.39, 0.29) is 29.6 Å². The Kier molecular flexibility index (Phi) is 6.49. The average molecular weight is 275 g/mol. The summed E-state index contributed by atoms with van der Waals surface area (Å²) < 4.78 is 5.63. The van der Waals surface area contributed by atoms with E-state index in [1.165, 1.54) is 0 Å². The highest BCUT2D eigenvalue weighted by Gasteiger charge is 2.25. The molecule has 0 spiro atoms. The number of hydrogen-bond donors (Lipinski definition) is 2. The summed E-state index contributed by atoms with van der Waals surface area (Å²) in [4.78, 5) is 21.9. The maximum absolute atomic E-state index is 11.6. The molecule has 2 unspecified atom stereocenters. The Labute approximate surface area is 112 Å². The van der Waals surface area contributed by atoms with Crippen LogP contribution in [-0.2, 0) is 14.3 Å². The van der Waals surface area contributed by atoms with Crippen molar-refractivity contribution in [1.82, 2.24) is 5.32 Å². The molecule has 5 nitrogen and oxygen atoms in total. The molecule has 6 heteroatoms. The number of carbonyl (C=O) groups excluding carboxylic acids is 1. The first kappa shape index (κ1) is 15.3. The second-order valence-electron chi connectivity index (χ2n) is 4.83. The number of carbonyl (C=O) groups is 2. The summed E-state index contributed by atoms with van der Waals surface area (Å²) in [6.07, 6.45) is 1.88. The van der Waals surface area contributed by atoms with Crippen molar-refractivity contribution in [2.24, 2.45) is 5.92 Å². The molecule has 1 saturated heterocycles. The Hall–Kier alpha value is -0.750. The lowest BCUT2D eigenvalue weighted by molar-refractivity contribution is -0.133. The molecule has 104 valence electrons. The molecule has 18 heavy (non-hydrogen) atoms. The number of rotatable bonds is 6. The molecule has 0 aromatic carbocycles. The monoisotopic (exact) mass is 275 g/mol. The molecule has 0 aromatic heterocycles. The summed E-state index contributed by atoms with van der Waals surface area (Å²) >= 11 is 1.12. The largest absolute Gasteiger partial charge is 0.481 e. The fourth-order valence-corrected chi connectivity index (χ4v) is 2.47. The van der Waals surface area contributed by atoms with Gasteiger partial charge in [-0.3, -0.25) is 9.59 Å². The van der Waals surface area contributed by atoms with E-state index in [4.69, 9.17) is 9.84 Å². The van der Waals surface area contributed by atoms with Crippen molar-refractivity contribution >= 4 is 23.6 Å². The standard InChI is InChI=1S/C12H21NO4S/c1-8(2)10-5-9(3-4-17-10)13-11(14)6-18-7-12(15)16/h8-10H,3-7H2,1-2H3,(H,13,14)(H,15,16). The number of hydrogen-bond acceptors (Lipinski definition) is 4. The molecule has 0 saturated carbocycles. The Bertz CT molecular complexity index is 296. The van der Waals surface area contributed by atoms with E-state index in [9.17, 15) is 9.59 Å². The molecule has 1 heterocycles. The first-order valence-corrected chi connectivity index (χ1v) is 7.35. The van der Waals surface area contributed by atoms with E-state index in [1.807, 2.05) is 0 Å². The van der Waals surface area contributed by atoms with Gasteiger partial charge in [-0.1, -0.05) is 13.8 Å². The highest BCUT2D eigenvalue weighted by molar-refractivity contribution is 8.00. The number of carboxylic acid groups (broad SMARTS) is 1. The summed E-state index contributed by atoms with van der Waals surface area (Å²) in [7, 11) is 0. The van der Waals surface area contributed by atoms with Crippen molar-refractivity contribution in [3.8, 4) is 0 Å². The third-order valence-electron chi connectivity index (χ3n) is 2.88. The van der Waals surface area contributed by atoms with Crippen LogP contribution in [0.25, 0.3) is 0 Å². The molecule has 1 amide bonds. The van der Waals surface area contributed by atoms with Crippen LogP contribution in [0.2, 0.25) is 0 Å². The van der Waals surface area contributed by atoms with Crippen LogP contribution in [0, 0.1) is 5.92 Å². The Morgan fingerprint density at radius 3 is 2.78 bits per heavy atom. The zero-order chi connectivity index (χ0) is 13.5. The van der Waals surface area contributed by atoms with Crippen LogP contribution in [0.15, 0.2) is 0 Å². The Balaban J connectivity index is 2.24. The summed E-state index contributed by atoms with van der Waals surface area (Å²) in [5.41, 5.74) is 0. The predicted molar refractivity (Wildman–Crippen MR) is 70.7 cm³/mol. The summed E-state index contributed by atoms with van der Waals surface area (Å²) in [6, 6.07) is 0.157. The number of ether oxygens (including phenoxy) is 1. The second kappa shape index (κ2) is 7.63. The number of carboxylic acids is 1. The van der Waals surface area contributed by atoms with Gasteiger partial charge in [-0.05, 0) is 18.8 Å². The van der Waals surface area contributed by atoms with Gasteiger partial charge in [0.05, 0.1) is 17.6 Å². The van der Waals surface area contributed by atoms with E-state index >= 15 is 0 Å². The zero-order valence-electron chi connectivity index (χ0n) is 10.8. The van der Waals surface area contributed by atoms with Crippen molar-refractivity contribution in [1.29, 1.82) is 0 Å². The summed E-state index contributed by atoms with van der Waals surface area (Å²) in [6.45, 7) is 4.89. The first-order valence-electron chi connectivity index (χ1n) is 6.19. The van der Waals surface area contributed by atoms with Gasteiger partial charge in [0.25, 0.3) is 0 Å². The molecule has 0 aliphatic carbocycles. The van der Waals surface area contributed by atoms with E-state index in [0.29, 0.717) is 12.5 Å². The highest BCUT2D eigenvalue weighted by Crippen LogP contribution is 2.20. The van der Waals surface area contributed by atoms with E-state index in [2.05, 4.69) is 19.2 Å². The smallest absolute Gasteiger partial charge is 0.313 e. The average Bonchev–Trinajstić information content (AvgIpc) is 2.28. The fourth-order valence-electron chi connectivity index (χ4n) is 1.92. The number of amides is 1. The van der Waals surface area contributed by atoms with Crippen molar-refractivity contribution in [3.63, 3.8) is 0 Å². The Morgan fingerprint density at radius 1 is 1.44 bits per heavy atom. The third-order valence-corrected chi connectivity index (χ3v) is 3.80. The molecule has 1 fully saturated rings. The molecular weight excluding hydrogens is 254 g/mol. The molecule has 0 aromatic rings. The van der Waals surface area contributed by atoms with Gasteiger partial charge in [0, 0.05) is 12.6 Å². The number of thioether (sulfide) groups is 1. The second-order valence-corrected chi connectivity index (χ2v) is 5.81. The maximum atomic E-state index is 11.6. The van der Waals surface area contributed by atoms with E-state index in [1.54, 1.807) is 0 Å². The van der Waals surface area contributed by atoms with Gasteiger partial charge >= 0.3 is 5.97 Å². The van der Waals surface area contributed by atoms with Gasteiger partial charge in [0.2, 0.25) is 5.91 Å². The minimum Gasteiger partial charge on any atom is -0.481 e. The minimum absolute atomic E-state index is 0.0319. The Morgan fingerprint density at radius 2 is 2.17 bits per heavy atom. The maximum Gasteiger partial charge on any atom is 0.313 e. The molecular formula is C12H21NO4S. The van der Waals surface area contributed by atoms with Crippen molar-refractivity contribution in [2.75, 3.05) is 18.1 Å². The van der Waals surface area contributed by atoms with Crippen LogP contribution in [0.4, 0.5) is 0 Å². The van der Waals surface area contributed by atoms with Crippen molar-refractivity contribution in [3.05, 3.63) is 0 Å². The molecule has 2 N–H and O–H groups in total. The minimum atomic E-state index is -0.890. The van der Waals surface area contributed by atoms with Crippen molar-refractivity contribution in [2.45, 2.75) is 38.8 Å². The summed E-state index contributed by atoms with van der Waals surface area (Å²) in [5, 5.41) is 11.4. The molecule has 0 bridgehead atoms. The third kappa shape index (κ3) is 5.73. The van der Waals surface area contributed by atoms with Gasteiger partial charge in [0.1, 0.15) is 0 Å². The molecule has 2 atom stereocenters. The van der Waals surface area contributed by atoms with Gasteiger partial charge in [-0.15, -0.1) is 11.8 Å². The van der Waals surface area contributed by atoms with Crippen LogP contribution < -0.4 is 5.32 Å². The van der Waals surface area contributed by atoms with Crippen LogP contribution in [-0.4, -0.2) is 47.2 Å². The van der Waals surface area contributed by atoms with Crippen LogP contribution in [0.1, 0.15) is 26.7 Å². The lowest BCUT2D eigenvalue weighted by Gasteiger charge is -2.32. The van der Waals surface area contributed by atoms with E-state index in [0.717, 1.165) is 24.6 Å².